The topological polar surface area (TPSA) is 55.1 Å². The Labute approximate surface area is 120 Å². The smallest absolute Gasteiger partial charge is 0.220 e. The van der Waals surface area contributed by atoms with Crippen LogP contribution in [0.3, 0.4) is 0 Å². The van der Waals surface area contributed by atoms with E-state index < -0.39 is 0 Å². The minimum absolute atomic E-state index is 0.0708. The Balaban J connectivity index is 2.32. The summed E-state index contributed by atoms with van der Waals surface area (Å²) in [6.45, 7) is 2.64. The third-order valence-electron chi connectivity index (χ3n) is 3.11. The summed E-state index contributed by atoms with van der Waals surface area (Å²) in [5.41, 5.74) is 6.78. The first-order chi connectivity index (χ1) is 9.15. The Kier molecular flexibility index (Phi) is 7.53. The fourth-order valence-corrected chi connectivity index (χ4v) is 2.03. The first kappa shape index (κ1) is 16.0. The molecule has 3 nitrogen and oxygen atoms in total. The van der Waals surface area contributed by atoms with Crippen molar-refractivity contribution in [1.29, 1.82) is 0 Å². The largest absolute Gasteiger partial charge is 0.352 e. The summed E-state index contributed by atoms with van der Waals surface area (Å²) in [6, 6.07) is 7.70. The van der Waals surface area contributed by atoms with Crippen molar-refractivity contribution in [2.75, 3.05) is 6.54 Å². The molecule has 0 radical (unpaired) electrons. The van der Waals surface area contributed by atoms with Crippen LogP contribution < -0.4 is 11.1 Å². The van der Waals surface area contributed by atoms with Crippen molar-refractivity contribution in [2.45, 2.75) is 45.1 Å². The third kappa shape index (κ3) is 6.60. The molecule has 1 aromatic carbocycles. The van der Waals surface area contributed by atoms with Crippen LogP contribution in [0.2, 0.25) is 5.02 Å². The Bertz CT molecular complexity index is 378. The van der Waals surface area contributed by atoms with Gasteiger partial charge in [-0.05, 0) is 30.5 Å². The molecule has 3 N–H and O–H groups in total. The lowest BCUT2D eigenvalue weighted by atomic mass is 10.1. The summed E-state index contributed by atoms with van der Waals surface area (Å²) in [5.74, 6) is 0.0708. The van der Waals surface area contributed by atoms with Gasteiger partial charge in [0, 0.05) is 24.0 Å². The van der Waals surface area contributed by atoms with Crippen molar-refractivity contribution in [3.05, 3.63) is 34.9 Å². The Morgan fingerprint density at radius 2 is 2.05 bits per heavy atom. The minimum Gasteiger partial charge on any atom is -0.352 e. The molecule has 0 heterocycles. The molecule has 1 atom stereocenters. The van der Waals surface area contributed by atoms with Crippen LogP contribution in [0.25, 0.3) is 0 Å². The van der Waals surface area contributed by atoms with E-state index in [2.05, 4.69) is 12.2 Å². The number of unbranched alkanes of at least 4 members (excludes halogenated alkanes) is 1. The van der Waals surface area contributed by atoms with Gasteiger partial charge in [-0.25, -0.2) is 0 Å². The summed E-state index contributed by atoms with van der Waals surface area (Å²) in [5, 5.41) is 3.71. The predicted octanol–water partition coefficient (Wildman–Crippen LogP) is 2.91. The van der Waals surface area contributed by atoms with Gasteiger partial charge in [0.1, 0.15) is 0 Å². The van der Waals surface area contributed by atoms with Crippen molar-refractivity contribution in [2.24, 2.45) is 5.73 Å². The lowest BCUT2D eigenvalue weighted by molar-refractivity contribution is -0.121. The second kappa shape index (κ2) is 8.94. The van der Waals surface area contributed by atoms with Gasteiger partial charge < -0.3 is 11.1 Å². The van der Waals surface area contributed by atoms with Crippen LogP contribution >= 0.6 is 11.6 Å². The number of nitrogens with one attached hydrogen (secondary N) is 1. The Morgan fingerprint density at radius 3 is 2.63 bits per heavy atom. The van der Waals surface area contributed by atoms with Crippen molar-refractivity contribution in [3.8, 4) is 0 Å². The van der Waals surface area contributed by atoms with E-state index in [-0.39, 0.29) is 11.9 Å². The zero-order valence-corrected chi connectivity index (χ0v) is 12.2. The van der Waals surface area contributed by atoms with E-state index in [1.54, 1.807) is 0 Å². The molecule has 1 amide bonds. The zero-order valence-electron chi connectivity index (χ0n) is 11.5. The molecule has 19 heavy (non-hydrogen) atoms. The van der Waals surface area contributed by atoms with Gasteiger partial charge in [0.25, 0.3) is 0 Å². The molecule has 0 bridgehead atoms. The number of hydrogen-bond acceptors (Lipinski definition) is 2. The minimum atomic E-state index is 0.0708. The van der Waals surface area contributed by atoms with Crippen LogP contribution in [0.1, 0.15) is 38.2 Å². The molecule has 4 heteroatoms. The SMILES string of the molecule is CCCCC(CN)NC(=O)CCc1ccc(Cl)cc1. The summed E-state index contributed by atoms with van der Waals surface area (Å²) < 4.78 is 0. The predicted molar refractivity (Wildman–Crippen MR) is 80.3 cm³/mol. The van der Waals surface area contributed by atoms with Gasteiger partial charge in [-0.15, -0.1) is 0 Å². The maximum atomic E-state index is 11.8. The summed E-state index contributed by atoms with van der Waals surface area (Å²) in [7, 11) is 0. The average molecular weight is 283 g/mol. The normalized spacial score (nSPS) is 12.2. The quantitative estimate of drug-likeness (QED) is 0.770. The molecule has 0 aliphatic rings. The average Bonchev–Trinajstić information content (AvgIpc) is 2.42. The molecule has 1 rings (SSSR count). The highest BCUT2D eigenvalue weighted by molar-refractivity contribution is 6.30. The number of benzene rings is 1. The molecule has 0 spiro atoms. The monoisotopic (exact) mass is 282 g/mol. The summed E-state index contributed by atoms with van der Waals surface area (Å²) in [6.07, 6.45) is 4.40. The molecule has 1 unspecified atom stereocenters. The lowest BCUT2D eigenvalue weighted by Crippen LogP contribution is -2.40. The molecule has 0 saturated carbocycles. The van der Waals surface area contributed by atoms with E-state index in [0.717, 1.165) is 36.3 Å². The van der Waals surface area contributed by atoms with E-state index >= 15 is 0 Å². The second-order valence-electron chi connectivity index (χ2n) is 4.77. The summed E-state index contributed by atoms with van der Waals surface area (Å²) >= 11 is 5.82. The standard InChI is InChI=1S/C15H23ClN2O/c1-2-3-4-14(11-17)18-15(19)10-7-12-5-8-13(16)9-6-12/h5-6,8-9,14H,2-4,7,10-11,17H2,1H3,(H,18,19). The van der Waals surface area contributed by atoms with Crippen LogP contribution in [0, 0.1) is 0 Å². The fourth-order valence-electron chi connectivity index (χ4n) is 1.91. The van der Waals surface area contributed by atoms with Gasteiger partial charge in [0.2, 0.25) is 5.91 Å². The summed E-state index contributed by atoms with van der Waals surface area (Å²) in [4.78, 5) is 11.8. The first-order valence-electron chi connectivity index (χ1n) is 6.89. The number of aryl methyl sites for hydroxylation is 1. The maximum Gasteiger partial charge on any atom is 0.220 e. The Morgan fingerprint density at radius 1 is 1.37 bits per heavy atom. The number of carbonyl (C=O) groups is 1. The molecule has 0 fully saturated rings. The number of halogens is 1. The third-order valence-corrected chi connectivity index (χ3v) is 3.36. The Hall–Kier alpha value is -1.06. The van der Waals surface area contributed by atoms with Gasteiger partial charge >= 0.3 is 0 Å². The van der Waals surface area contributed by atoms with E-state index in [9.17, 15) is 4.79 Å². The fraction of sp³-hybridized carbons (Fsp3) is 0.533. The number of hydrogen-bond donors (Lipinski definition) is 2. The van der Waals surface area contributed by atoms with Crippen LogP contribution in [0.5, 0.6) is 0 Å². The molecular weight excluding hydrogens is 260 g/mol. The molecule has 106 valence electrons. The molecule has 0 aliphatic carbocycles. The van der Waals surface area contributed by atoms with E-state index in [1.165, 1.54) is 0 Å². The highest BCUT2D eigenvalue weighted by Gasteiger charge is 2.10. The van der Waals surface area contributed by atoms with Gasteiger partial charge in [0.05, 0.1) is 0 Å². The van der Waals surface area contributed by atoms with Crippen LogP contribution in [0.15, 0.2) is 24.3 Å². The number of amides is 1. The van der Waals surface area contributed by atoms with E-state index in [0.29, 0.717) is 13.0 Å². The highest BCUT2D eigenvalue weighted by atomic mass is 35.5. The lowest BCUT2D eigenvalue weighted by Gasteiger charge is -2.16. The number of rotatable bonds is 8. The maximum absolute atomic E-state index is 11.8. The van der Waals surface area contributed by atoms with Gasteiger partial charge in [-0.2, -0.15) is 0 Å². The molecule has 0 aliphatic heterocycles. The van der Waals surface area contributed by atoms with Crippen LogP contribution in [-0.4, -0.2) is 18.5 Å². The molecule has 0 saturated heterocycles. The number of carbonyl (C=O) groups excluding carboxylic acids is 1. The van der Waals surface area contributed by atoms with E-state index in [4.69, 9.17) is 17.3 Å². The molecule has 0 aromatic heterocycles. The van der Waals surface area contributed by atoms with Crippen LogP contribution in [-0.2, 0) is 11.2 Å². The van der Waals surface area contributed by atoms with Crippen molar-refractivity contribution >= 4 is 17.5 Å². The molecular formula is C15H23ClN2O. The zero-order chi connectivity index (χ0) is 14.1. The van der Waals surface area contributed by atoms with E-state index in [1.807, 2.05) is 24.3 Å². The van der Waals surface area contributed by atoms with Gasteiger partial charge in [0.15, 0.2) is 0 Å². The number of nitrogens with two attached hydrogens (primary N) is 1. The van der Waals surface area contributed by atoms with Crippen molar-refractivity contribution in [1.82, 2.24) is 5.32 Å². The van der Waals surface area contributed by atoms with Gasteiger partial charge in [-0.3, -0.25) is 4.79 Å². The highest BCUT2D eigenvalue weighted by Crippen LogP contribution is 2.11. The molecule has 1 aromatic rings. The van der Waals surface area contributed by atoms with Crippen molar-refractivity contribution in [3.63, 3.8) is 0 Å². The van der Waals surface area contributed by atoms with Crippen LogP contribution in [0.4, 0.5) is 0 Å². The first-order valence-corrected chi connectivity index (χ1v) is 7.27. The van der Waals surface area contributed by atoms with Gasteiger partial charge in [-0.1, -0.05) is 43.5 Å². The van der Waals surface area contributed by atoms with Crippen molar-refractivity contribution < 1.29 is 4.79 Å². The second-order valence-corrected chi connectivity index (χ2v) is 5.21.